The fourth-order valence-electron chi connectivity index (χ4n) is 5.59. The third-order valence-corrected chi connectivity index (χ3v) is 9.17. The standard InChI is InChI=1S/C33H36F2N8O5S/c1-20-14-27(40-43(20)28-8-6-7-13-48-28)42(18-21-9-11-23(46-3)12-10-21)32-31(47-4)29(22-17-36-41(2)19-22)37-33(39-32)38-30-25(34)15-24(16-26(30)35)49(5,44)45/h9-12,14-17,19,28H,6-8,13,18H2,1-5H3,(H,37,38,39). The number of benzene rings is 2. The zero-order chi connectivity index (χ0) is 34.9. The first-order chi connectivity index (χ1) is 23.4. The number of hydrogen-bond acceptors (Lipinski definition) is 11. The van der Waals surface area contributed by atoms with Crippen LogP contribution in [0.2, 0.25) is 0 Å². The Morgan fingerprint density at radius 3 is 2.39 bits per heavy atom. The lowest BCUT2D eigenvalue weighted by atomic mass is 10.1. The summed E-state index contributed by atoms with van der Waals surface area (Å²) in [5, 5.41) is 11.9. The molecule has 3 aromatic heterocycles. The topological polar surface area (TPSA) is 139 Å². The Labute approximate surface area is 282 Å². The molecule has 258 valence electrons. The number of nitrogens with zero attached hydrogens (tertiary/aromatic N) is 7. The molecule has 0 aliphatic carbocycles. The van der Waals surface area contributed by atoms with E-state index in [0.29, 0.717) is 23.7 Å². The molecule has 6 rings (SSSR count). The summed E-state index contributed by atoms with van der Waals surface area (Å²) in [7, 11) is 0.927. The molecule has 0 radical (unpaired) electrons. The first-order valence-electron chi connectivity index (χ1n) is 15.4. The second-order valence-corrected chi connectivity index (χ2v) is 13.7. The summed E-state index contributed by atoms with van der Waals surface area (Å²) in [5.74, 6) is -0.786. The highest BCUT2D eigenvalue weighted by Gasteiger charge is 2.28. The molecule has 0 saturated carbocycles. The van der Waals surface area contributed by atoms with Crippen LogP contribution in [0.4, 0.5) is 32.1 Å². The molecule has 1 N–H and O–H groups in total. The minimum Gasteiger partial charge on any atom is -0.497 e. The van der Waals surface area contributed by atoms with Crippen LogP contribution < -0.4 is 19.7 Å². The average molecular weight is 695 g/mol. The van der Waals surface area contributed by atoms with Gasteiger partial charge < -0.3 is 24.4 Å². The Bertz CT molecular complexity index is 2060. The molecule has 1 unspecified atom stereocenters. The van der Waals surface area contributed by atoms with Crippen LogP contribution in [0, 0.1) is 18.6 Å². The minimum absolute atomic E-state index is 0.189. The highest BCUT2D eigenvalue weighted by molar-refractivity contribution is 7.90. The SMILES string of the molecule is COc1ccc(CN(c2cc(C)n(C3CCCCO3)n2)c2nc(Nc3c(F)cc(S(C)(=O)=O)cc3F)nc(-c3cnn(C)c3)c2OC)cc1. The van der Waals surface area contributed by atoms with Gasteiger partial charge in [-0.1, -0.05) is 12.1 Å². The molecule has 0 amide bonds. The van der Waals surface area contributed by atoms with Gasteiger partial charge in [0, 0.05) is 43.4 Å². The lowest BCUT2D eigenvalue weighted by molar-refractivity contribution is -0.0405. The summed E-state index contributed by atoms with van der Waals surface area (Å²) in [6.45, 7) is 2.82. The van der Waals surface area contributed by atoms with Gasteiger partial charge in [0.05, 0.1) is 31.9 Å². The summed E-state index contributed by atoms with van der Waals surface area (Å²) in [6.07, 6.45) is 6.73. The van der Waals surface area contributed by atoms with E-state index < -0.39 is 32.1 Å². The van der Waals surface area contributed by atoms with Crippen molar-refractivity contribution in [1.29, 1.82) is 0 Å². The number of rotatable bonds is 11. The number of ether oxygens (including phenoxy) is 3. The summed E-state index contributed by atoms with van der Waals surface area (Å²) in [4.78, 5) is 10.7. The van der Waals surface area contributed by atoms with E-state index in [2.05, 4.69) is 15.4 Å². The molecule has 1 fully saturated rings. The van der Waals surface area contributed by atoms with E-state index in [-0.39, 0.29) is 36.0 Å². The lowest BCUT2D eigenvalue weighted by Crippen LogP contribution is -2.23. The zero-order valence-corrected chi connectivity index (χ0v) is 28.5. The van der Waals surface area contributed by atoms with E-state index in [9.17, 15) is 8.42 Å². The van der Waals surface area contributed by atoms with Crippen molar-refractivity contribution in [3.05, 3.63) is 77.8 Å². The largest absolute Gasteiger partial charge is 0.497 e. The molecule has 0 spiro atoms. The number of hydrogen-bond donors (Lipinski definition) is 1. The summed E-state index contributed by atoms with van der Waals surface area (Å²) < 4.78 is 75.4. The van der Waals surface area contributed by atoms with Crippen LogP contribution in [0.5, 0.6) is 11.5 Å². The molecular weight excluding hydrogens is 658 g/mol. The Balaban J connectivity index is 1.53. The Kier molecular flexibility index (Phi) is 9.52. The maximum atomic E-state index is 15.3. The minimum atomic E-state index is -3.88. The van der Waals surface area contributed by atoms with Gasteiger partial charge in [-0.3, -0.25) is 4.68 Å². The van der Waals surface area contributed by atoms with E-state index in [1.807, 2.05) is 46.8 Å². The van der Waals surface area contributed by atoms with Crippen molar-refractivity contribution >= 4 is 33.1 Å². The Morgan fingerprint density at radius 2 is 1.80 bits per heavy atom. The number of halogens is 2. The maximum absolute atomic E-state index is 15.3. The van der Waals surface area contributed by atoms with Crippen molar-refractivity contribution in [2.24, 2.45) is 7.05 Å². The number of aromatic nitrogens is 6. The van der Waals surface area contributed by atoms with Crippen molar-refractivity contribution in [2.45, 2.75) is 43.9 Å². The smallest absolute Gasteiger partial charge is 0.230 e. The molecule has 49 heavy (non-hydrogen) atoms. The van der Waals surface area contributed by atoms with Crippen molar-refractivity contribution < 1.29 is 31.4 Å². The van der Waals surface area contributed by atoms with Crippen molar-refractivity contribution in [1.82, 2.24) is 29.5 Å². The van der Waals surface area contributed by atoms with Gasteiger partial charge in [-0.25, -0.2) is 26.9 Å². The van der Waals surface area contributed by atoms with Crippen LogP contribution in [0.1, 0.15) is 36.7 Å². The molecule has 1 saturated heterocycles. The molecule has 13 nitrogen and oxygen atoms in total. The zero-order valence-electron chi connectivity index (χ0n) is 27.6. The van der Waals surface area contributed by atoms with Gasteiger partial charge in [-0.15, -0.1) is 0 Å². The van der Waals surface area contributed by atoms with Gasteiger partial charge in [-0.2, -0.15) is 15.2 Å². The van der Waals surface area contributed by atoms with Crippen LogP contribution >= 0.6 is 0 Å². The molecule has 0 bridgehead atoms. The van der Waals surface area contributed by atoms with E-state index in [4.69, 9.17) is 24.3 Å². The van der Waals surface area contributed by atoms with E-state index >= 15 is 8.78 Å². The molecule has 16 heteroatoms. The normalized spacial score (nSPS) is 14.9. The van der Waals surface area contributed by atoms with Gasteiger partial charge in [0.2, 0.25) is 5.95 Å². The average Bonchev–Trinajstić information content (AvgIpc) is 3.70. The van der Waals surface area contributed by atoms with Crippen molar-refractivity contribution in [3.8, 4) is 22.8 Å². The second kappa shape index (κ2) is 13.8. The van der Waals surface area contributed by atoms with Crippen LogP contribution in [-0.4, -0.2) is 65.0 Å². The van der Waals surface area contributed by atoms with Crippen molar-refractivity contribution in [3.63, 3.8) is 0 Å². The summed E-state index contributed by atoms with van der Waals surface area (Å²) >= 11 is 0. The van der Waals surface area contributed by atoms with Gasteiger partial charge in [-0.05, 0) is 56.0 Å². The number of aryl methyl sites for hydroxylation is 2. The number of nitrogens with one attached hydrogen (secondary N) is 1. The highest BCUT2D eigenvalue weighted by atomic mass is 32.2. The van der Waals surface area contributed by atoms with Gasteiger partial charge in [0.15, 0.2) is 45.1 Å². The fraction of sp³-hybridized carbons (Fsp3) is 0.333. The number of methoxy groups -OCH3 is 2. The molecule has 4 heterocycles. The fourth-order valence-corrected chi connectivity index (χ4v) is 6.22. The third kappa shape index (κ3) is 7.19. The number of anilines is 4. The van der Waals surface area contributed by atoms with Crippen LogP contribution in [-0.2, 0) is 28.2 Å². The van der Waals surface area contributed by atoms with E-state index in [0.717, 1.165) is 48.9 Å². The van der Waals surface area contributed by atoms with Gasteiger partial charge >= 0.3 is 0 Å². The van der Waals surface area contributed by atoms with Gasteiger partial charge in [0.25, 0.3) is 0 Å². The summed E-state index contributed by atoms with van der Waals surface area (Å²) in [5.41, 5.74) is 1.92. The van der Waals surface area contributed by atoms with E-state index in [1.54, 1.807) is 31.2 Å². The highest BCUT2D eigenvalue weighted by Crippen LogP contribution is 2.41. The monoisotopic (exact) mass is 694 g/mol. The van der Waals surface area contributed by atoms with Crippen molar-refractivity contribution in [2.75, 3.05) is 37.3 Å². The molecule has 2 aromatic carbocycles. The molecule has 1 atom stereocenters. The quantitative estimate of drug-likeness (QED) is 0.178. The Hall–Kier alpha value is -5.09. The molecule has 5 aromatic rings. The molecule has 1 aliphatic heterocycles. The van der Waals surface area contributed by atoms with Gasteiger partial charge in [0.1, 0.15) is 17.1 Å². The first kappa shape index (κ1) is 33.8. The predicted molar refractivity (Wildman–Crippen MR) is 178 cm³/mol. The van der Waals surface area contributed by atoms with Crippen LogP contribution in [0.15, 0.2) is 59.8 Å². The maximum Gasteiger partial charge on any atom is 0.230 e. The Morgan fingerprint density at radius 1 is 1.06 bits per heavy atom. The third-order valence-electron chi connectivity index (χ3n) is 8.08. The first-order valence-corrected chi connectivity index (χ1v) is 17.3. The predicted octanol–water partition coefficient (Wildman–Crippen LogP) is 5.86. The lowest BCUT2D eigenvalue weighted by Gasteiger charge is -2.26. The molecule has 1 aliphatic rings. The van der Waals surface area contributed by atoms with Crippen LogP contribution in [0.3, 0.4) is 0 Å². The van der Waals surface area contributed by atoms with Crippen LogP contribution in [0.25, 0.3) is 11.3 Å². The molecular formula is C33H36F2N8O5S. The second-order valence-electron chi connectivity index (χ2n) is 11.7. The van der Waals surface area contributed by atoms with E-state index in [1.165, 1.54) is 7.11 Å². The number of sulfone groups is 1. The summed E-state index contributed by atoms with van der Waals surface area (Å²) in [6, 6.07) is 10.9.